The highest BCUT2D eigenvalue weighted by atomic mass is 16.5. The van der Waals surface area contributed by atoms with Crippen molar-refractivity contribution in [3.05, 3.63) is 0 Å². The number of aliphatic hydroxyl groups is 2. The Morgan fingerprint density at radius 3 is 2.68 bits per heavy atom. The molecule has 1 aliphatic carbocycles. The molecule has 0 aromatic carbocycles. The van der Waals surface area contributed by atoms with Crippen molar-refractivity contribution in [3.8, 4) is 0 Å². The van der Waals surface area contributed by atoms with Gasteiger partial charge >= 0.3 is 0 Å². The van der Waals surface area contributed by atoms with Crippen LogP contribution in [0.3, 0.4) is 0 Å². The molecule has 1 saturated carbocycles. The lowest BCUT2D eigenvalue weighted by molar-refractivity contribution is 0.00498. The molecule has 1 aliphatic rings. The summed E-state index contributed by atoms with van der Waals surface area (Å²) in [5.41, 5.74) is 0. The number of nitrogens with one attached hydrogen (secondary N) is 1. The van der Waals surface area contributed by atoms with Crippen LogP contribution in [0.1, 0.15) is 32.6 Å². The van der Waals surface area contributed by atoms with Gasteiger partial charge in [0.1, 0.15) is 0 Å². The molecule has 3 N–H and O–H groups in total. The third kappa shape index (κ3) is 7.84. The molecule has 5 nitrogen and oxygen atoms in total. The Labute approximate surface area is 116 Å². The monoisotopic (exact) mass is 275 g/mol. The summed E-state index contributed by atoms with van der Waals surface area (Å²) >= 11 is 0. The van der Waals surface area contributed by atoms with E-state index in [0.717, 1.165) is 25.8 Å². The summed E-state index contributed by atoms with van der Waals surface area (Å²) in [7, 11) is 0. The number of rotatable bonds is 10. The van der Waals surface area contributed by atoms with Gasteiger partial charge in [-0.3, -0.25) is 0 Å². The summed E-state index contributed by atoms with van der Waals surface area (Å²) in [5.74, 6) is 0.333. The Hall–Kier alpha value is -0.200. The van der Waals surface area contributed by atoms with Crippen LogP contribution in [0.25, 0.3) is 0 Å². The third-order valence-electron chi connectivity index (χ3n) is 3.54. The van der Waals surface area contributed by atoms with Gasteiger partial charge in [0.25, 0.3) is 0 Å². The average molecular weight is 275 g/mol. The van der Waals surface area contributed by atoms with E-state index in [2.05, 4.69) is 5.32 Å². The molecule has 0 spiro atoms. The topological polar surface area (TPSA) is 71.0 Å². The Bertz CT molecular complexity index is 216. The first-order chi connectivity index (χ1) is 9.24. The van der Waals surface area contributed by atoms with E-state index in [0.29, 0.717) is 38.9 Å². The number of ether oxygens (including phenoxy) is 2. The van der Waals surface area contributed by atoms with Crippen LogP contribution in [0.4, 0.5) is 0 Å². The van der Waals surface area contributed by atoms with E-state index in [1.807, 2.05) is 6.92 Å². The van der Waals surface area contributed by atoms with Crippen molar-refractivity contribution in [1.29, 1.82) is 0 Å². The van der Waals surface area contributed by atoms with Gasteiger partial charge in [-0.15, -0.1) is 0 Å². The Morgan fingerprint density at radius 1 is 1.21 bits per heavy atom. The van der Waals surface area contributed by atoms with Crippen molar-refractivity contribution >= 4 is 0 Å². The molecule has 0 aliphatic heterocycles. The van der Waals surface area contributed by atoms with Gasteiger partial charge in [0.05, 0.1) is 32.0 Å². The molecular weight excluding hydrogens is 246 g/mol. The van der Waals surface area contributed by atoms with E-state index in [-0.39, 0.29) is 6.10 Å². The second-order valence-electron chi connectivity index (χ2n) is 5.20. The maximum absolute atomic E-state index is 9.82. The van der Waals surface area contributed by atoms with Crippen LogP contribution < -0.4 is 5.32 Å². The van der Waals surface area contributed by atoms with Crippen molar-refractivity contribution in [2.75, 3.05) is 39.5 Å². The van der Waals surface area contributed by atoms with Crippen LogP contribution >= 0.6 is 0 Å². The number of aliphatic hydroxyl groups excluding tert-OH is 2. The quantitative estimate of drug-likeness (QED) is 0.508. The minimum Gasteiger partial charge on any atom is -0.393 e. The molecule has 0 radical (unpaired) electrons. The highest BCUT2D eigenvalue weighted by Crippen LogP contribution is 2.23. The largest absolute Gasteiger partial charge is 0.393 e. The minimum absolute atomic E-state index is 0.180. The van der Waals surface area contributed by atoms with Crippen LogP contribution in [-0.4, -0.2) is 61.9 Å². The van der Waals surface area contributed by atoms with Crippen molar-refractivity contribution < 1.29 is 19.7 Å². The predicted octanol–water partition coefficient (Wildman–Crippen LogP) is 0.541. The zero-order valence-electron chi connectivity index (χ0n) is 12.0. The lowest BCUT2D eigenvalue weighted by Gasteiger charge is -2.28. The van der Waals surface area contributed by atoms with Crippen LogP contribution in [0, 0.1) is 5.92 Å². The Balaban J connectivity index is 1.95. The molecule has 0 aromatic heterocycles. The predicted molar refractivity (Wildman–Crippen MR) is 74.2 cm³/mol. The van der Waals surface area contributed by atoms with Crippen molar-refractivity contribution in [2.24, 2.45) is 5.92 Å². The zero-order chi connectivity index (χ0) is 13.9. The molecule has 0 heterocycles. The molecule has 0 saturated heterocycles. The van der Waals surface area contributed by atoms with Gasteiger partial charge in [-0.1, -0.05) is 12.8 Å². The molecule has 1 rings (SSSR count). The summed E-state index contributed by atoms with van der Waals surface area (Å²) < 4.78 is 10.4. The standard InChI is InChI=1S/C14H29NO4/c1-2-18-7-8-19-11-13(16)10-15-9-12-5-3-4-6-14(12)17/h12-17H,2-11H2,1H3. The minimum atomic E-state index is -0.498. The lowest BCUT2D eigenvalue weighted by atomic mass is 9.86. The normalized spacial score (nSPS) is 25.4. The van der Waals surface area contributed by atoms with E-state index < -0.39 is 6.10 Å². The van der Waals surface area contributed by atoms with Crippen LogP contribution in [0.15, 0.2) is 0 Å². The molecule has 114 valence electrons. The van der Waals surface area contributed by atoms with Crippen LogP contribution in [0.5, 0.6) is 0 Å². The van der Waals surface area contributed by atoms with Gasteiger partial charge in [-0.2, -0.15) is 0 Å². The highest BCUT2D eigenvalue weighted by Gasteiger charge is 2.22. The zero-order valence-corrected chi connectivity index (χ0v) is 12.0. The van der Waals surface area contributed by atoms with Crippen molar-refractivity contribution in [3.63, 3.8) is 0 Å². The molecule has 3 unspecified atom stereocenters. The van der Waals surface area contributed by atoms with Crippen LogP contribution in [0.2, 0.25) is 0 Å². The van der Waals surface area contributed by atoms with E-state index in [1.54, 1.807) is 0 Å². The third-order valence-corrected chi connectivity index (χ3v) is 3.54. The van der Waals surface area contributed by atoms with Gasteiger partial charge in [0, 0.05) is 19.7 Å². The second-order valence-corrected chi connectivity index (χ2v) is 5.20. The number of hydrogen-bond donors (Lipinski definition) is 3. The molecule has 0 aromatic rings. The first-order valence-electron chi connectivity index (χ1n) is 7.46. The molecule has 0 amide bonds. The first kappa shape index (κ1) is 16.9. The summed E-state index contributed by atoms with van der Waals surface area (Å²) in [5, 5.41) is 22.7. The number of hydrogen-bond acceptors (Lipinski definition) is 5. The molecule has 3 atom stereocenters. The highest BCUT2D eigenvalue weighted by molar-refractivity contribution is 4.76. The lowest BCUT2D eigenvalue weighted by Crippen LogP contribution is -2.38. The SMILES string of the molecule is CCOCCOCC(O)CNCC1CCCCC1O. The molecule has 5 heteroatoms. The summed E-state index contributed by atoms with van der Waals surface area (Å²) in [4.78, 5) is 0. The first-order valence-corrected chi connectivity index (χ1v) is 7.46. The molecule has 1 fully saturated rings. The van der Waals surface area contributed by atoms with Gasteiger partial charge in [0.15, 0.2) is 0 Å². The van der Waals surface area contributed by atoms with Gasteiger partial charge in [0.2, 0.25) is 0 Å². The summed E-state index contributed by atoms with van der Waals surface area (Å²) in [6, 6.07) is 0. The second kappa shape index (κ2) is 10.6. The fraction of sp³-hybridized carbons (Fsp3) is 1.00. The van der Waals surface area contributed by atoms with Crippen molar-refractivity contribution in [2.45, 2.75) is 44.8 Å². The Morgan fingerprint density at radius 2 is 1.95 bits per heavy atom. The average Bonchev–Trinajstić information content (AvgIpc) is 2.41. The summed E-state index contributed by atoms with van der Waals surface area (Å²) in [6.07, 6.45) is 3.65. The molecular formula is C14H29NO4. The van der Waals surface area contributed by atoms with E-state index in [4.69, 9.17) is 9.47 Å². The van der Waals surface area contributed by atoms with Crippen LogP contribution in [-0.2, 0) is 9.47 Å². The van der Waals surface area contributed by atoms with Crippen molar-refractivity contribution in [1.82, 2.24) is 5.32 Å². The van der Waals surface area contributed by atoms with Gasteiger partial charge in [-0.25, -0.2) is 0 Å². The Kier molecular flexibility index (Phi) is 9.38. The maximum Gasteiger partial charge on any atom is 0.0897 e. The fourth-order valence-corrected chi connectivity index (χ4v) is 2.40. The van der Waals surface area contributed by atoms with E-state index in [9.17, 15) is 10.2 Å². The fourth-order valence-electron chi connectivity index (χ4n) is 2.40. The maximum atomic E-state index is 9.82. The smallest absolute Gasteiger partial charge is 0.0897 e. The summed E-state index contributed by atoms with van der Waals surface area (Å²) in [6.45, 7) is 5.34. The van der Waals surface area contributed by atoms with E-state index >= 15 is 0 Å². The van der Waals surface area contributed by atoms with E-state index in [1.165, 1.54) is 6.42 Å². The molecule has 19 heavy (non-hydrogen) atoms. The van der Waals surface area contributed by atoms with Gasteiger partial charge < -0.3 is 25.0 Å². The van der Waals surface area contributed by atoms with Gasteiger partial charge in [-0.05, 0) is 25.7 Å². The molecule has 0 bridgehead atoms.